The molecule has 7 heteroatoms. The van der Waals surface area contributed by atoms with Crippen LogP contribution in [-0.2, 0) is 9.63 Å². The van der Waals surface area contributed by atoms with Gasteiger partial charge in [0.05, 0.1) is 11.8 Å². The summed E-state index contributed by atoms with van der Waals surface area (Å²) in [7, 11) is 0. The van der Waals surface area contributed by atoms with Crippen molar-refractivity contribution in [3.8, 4) is 0 Å². The van der Waals surface area contributed by atoms with Gasteiger partial charge in [0.25, 0.3) is 5.91 Å². The Bertz CT molecular complexity index is 578. The number of aliphatic hydroxyl groups is 1. The highest BCUT2D eigenvalue weighted by atomic mass is 19.1. The lowest BCUT2D eigenvalue weighted by molar-refractivity contribution is -0.131. The first-order valence-corrected chi connectivity index (χ1v) is 7.15. The predicted octanol–water partition coefficient (Wildman–Crippen LogP) is 1.74. The van der Waals surface area contributed by atoms with Crippen LogP contribution in [0.4, 0.5) is 8.78 Å². The van der Waals surface area contributed by atoms with Gasteiger partial charge in [0.15, 0.2) is 0 Å². The van der Waals surface area contributed by atoms with Crippen LogP contribution >= 0.6 is 0 Å². The Hall–Kier alpha value is -2.02. The number of hydrogen-bond acceptors (Lipinski definition) is 4. The van der Waals surface area contributed by atoms with Crippen molar-refractivity contribution in [2.75, 3.05) is 6.54 Å². The van der Waals surface area contributed by atoms with Crippen molar-refractivity contribution in [2.24, 2.45) is 5.16 Å². The van der Waals surface area contributed by atoms with Crippen molar-refractivity contribution >= 4 is 11.6 Å². The third kappa shape index (κ3) is 4.00. The second-order valence-electron chi connectivity index (χ2n) is 5.10. The number of carbonyl (C=O) groups is 1. The van der Waals surface area contributed by atoms with E-state index in [0.29, 0.717) is 19.4 Å². The number of rotatable bonds is 6. The Kier molecular flexibility index (Phi) is 5.43. The van der Waals surface area contributed by atoms with Crippen molar-refractivity contribution in [3.05, 3.63) is 35.4 Å². The molecule has 1 aromatic carbocycles. The molecule has 0 spiro atoms. The molecule has 1 aromatic rings. The number of nitrogens with zero attached hydrogens (tertiary/aromatic N) is 1. The molecule has 5 nitrogen and oxygen atoms in total. The van der Waals surface area contributed by atoms with E-state index in [9.17, 15) is 18.7 Å². The maximum absolute atomic E-state index is 13.6. The fraction of sp³-hybridized carbons (Fsp3) is 0.467. The van der Waals surface area contributed by atoms with Gasteiger partial charge in [-0.15, -0.1) is 0 Å². The zero-order chi connectivity index (χ0) is 16.1. The van der Waals surface area contributed by atoms with E-state index in [2.05, 4.69) is 10.5 Å². The van der Waals surface area contributed by atoms with Crippen LogP contribution in [0.15, 0.2) is 23.4 Å². The Labute approximate surface area is 127 Å². The summed E-state index contributed by atoms with van der Waals surface area (Å²) in [6.07, 6.45) is -0.194. The highest BCUT2D eigenvalue weighted by molar-refractivity contribution is 6.04. The second-order valence-corrected chi connectivity index (χ2v) is 5.10. The number of hydrogen-bond donors (Lipinski definition) is 2. The van der Waals surface area contributed by atoms with E-state index in [4.69, 9.17) is 4.84 Å². The minimum Gasteiger partial charge on any atom is -0.393 e. The Morgan fingerprint density at radius 1 is 1.55 bits per heavy atom. The molecule has 120 valence electrons. The Balaban J connectivity index is 1.89. The van der Waals surface area contributed by atoms with Gasteiger partial charge in [-0.25, -0.2) is 8.78 Å². The summed E-state index contributed by atoms with van der Waals surface area (Å²) in [5, 5.41) is 15.7. The van der Waals surface area contributed by atoms with Gasteiger partial charge in [-0.05, 0) is 31.0 Å². The monoisotopic (exact) mass is 312 g/mol. The molecular formula is C15H18F2N2O3. The lowest BCUT2D eigenvalue weighted by atomic mass is 10.0. The van der Waals surface area contributed by atoms with E-state index in [1.54, 1.807) is 0 Å². The zero-order valence-corrected chi connectivity index (χ0v) is 12.2. The molecule has 2 atom stereocenters. The molecule has 1 heterocycles. The predicted molar refractivity (Wildman–Crippen MR) is 76.3 cm³/mol. The fourth-order valence-electron chi connectivity index (χ4n) is 2.08. The SMILES string of the molecule is CCC(O)CCNC(=O)C1CC(c2cc(F)ccc2F)=NO1. The summed E-state index contributed by atoms with van der Waals surface area (Å²) < 4.78 is 26.8. The number of oxime groups is 1. The third-order valence-electron chi connectivity index (χ3n) is 3.45. The maximum Gasteiger partial charge on any atom is 0.264 e. The van der Waals surface area contributed by atoms with E-state index in [0.717, 1.165) is 18.2 Å². The topological polar surface area (TPSA) is 70.9 Å². The molecule has 0 radical (unpaired) electrons. The quantitative estimate of drug-likeness (QED) is 0.840. The number of nitrogens with one attached hydrogen (secondary N) is 1. The lowest BCUT2D eigenvalue weighted by Crippen LogP contribution is -2.36. The number of carbonyl (C=O) groups excluding carboxylic acids is 1. The summed E-state index contributed by atoms with van der Waals surface area (Å²) in [5.74, 6) is -1.59. The van der Waals surface area contributed by atoms with E-state index in [1.807, 2.05) is 6.92 Å². The Morgan fingerprint density at radius 2 is 2.32 bits per heavy atom. The minimum atomic E-state index is -0.864. The lowest BCUT2D eigenvalue weighted by Gasteiger charge is -2.11. The van der Waals surface area contributed by atoms with E-state index >= 15 is 0 Å². The molecule has 1 amide bonds. The summed E-state index contributed by atoms with van der Waals surface area (Å²) in [6.45, 7) is 2.16. The van der Waals surface area contributed by atoms with Gasteiger partial charge in [-0.1, -0.05) is 12.1 Å². The Morgan fingerprint density at radius 3 is 3.05 bits per heavy atom. The molecule has 0 bridgehead atoms. The summed E-state index contributed by atoms with van der Waals surface area (Å²) >= 11 is 0. The van der Waals surface area contributed by atoms with Gasteiger partial charge in [-0.3, -0.25) is 4.79 Å². The van der Waals surface area contributed by atoms with Gasteiger partial charge >= 0.3 is 0 Å². The average Bonchev–Trinajstić information content (AvgIpc) is 2.99. The smallest absolute Gasteiger partial charge is 0.264 e. The number of amides is 1. The molecule has 1 aliphatic rings. The maximum atomic E-state index is 13.6. The summed E-state index contributed by atoms with van der Waals surface area (Å²) in [6, 6.07) is 3.04. The van der Waals surface area contributed by atoms with Crippen molar-refractivity contribution in [2.45, 2.75) is 38.4 Å². The van der Waals surface area contributed by atoms with Gasteiger partial charge in [0.1, 0.15) is 11.6 Å². The van der Waals surface area contributed by atoms with Crippen LogP contribution in [-0.4, -0.2) is 35.5 Å². The highest BCUT2D eigenvalue weighted by Gasteiger charge is 2.30. The standard InChI is InChI=1S/C15H18F2N2O3/c1-2-10(20)5-6-18-15(21)14-8-13(19-22-14)11-7-9(16)3-4-12(11)17/h3-4,7,10,14,20H,2,5-6,8H2,1H3,(H,18,21). The van der Waals surface area contributed by atoms with Crippen LogP contribution in [0.1, 0.15) is 31.7 Å². The zero-order valence-electron chi connectivity index (χ0n) is 12.2. The first-order chi connectivity index (χ1) is 10.5. The van der Waals surface area contributed by atoms with Crippen molar-refractivity contribution in [1.29, 1.82) is 0 Å². The number of aliphatic hydroxyl groups excluding tert-OH is 1. The minimum absolute atomic E-state index is 0.00305. The second kappa shape index (κ2) is 7.31. The largest absolute Gasteiger partial charge is 0.393 e. The number of halogens is 2. The molecule has 2 N–H and O–H groups in total. The van der Waals surface area contributed by atoms with Crippen LogP contribution in [0, 0.1) is 11.6 Å². The molecule has 2 rings (SSSR count). The molecule has 2 unspecified atom stereocenters. The average molecular weight is 312 g/mol. The molecule has 0 saturated carbocycles. The third-order valence-corrected chi connectivity index (χ3v) is 3.45. The van der Waals surface area contributed by atoms with Gasteiger partial charge in [-0.2, -0.15) is 0 Å². The van der Waals surface area contributed by atoms with Crippen molar-refractivity contribution < 1.29 is 23.5 Å². The summed E-state index contributed by atoms with van der Waals surface area (Å²) in [4.78, 5) is 16.9. The molecule has 0 aromatic heterocycles. The molecule has 22 heavy (non-hydrogen) atoms. The fourth-order valence-corrected chi connectivity index (χ4v) is 2.08. The van der Waals surface area contributed by atoms with Gasteiger partial charge in [0.2, 0.25) is 6.10 Å². The first-order valence-electron chi connectivity index (χ1n) is 7.15. The van der Waals surface area contributed by atoms with Crippen molar-refractivity contribution in [3.63, 3.8) is 0 Å². The molecular weight excluding hydrogens is 294 g/mol. The highest BCUT2D eigenvalue weighted by Crippen LogP contribution is 2.20. The van der Waals surface area contributed by atoms with Crippen LogP contribution in [0.5, 0.6) is 0 Å². The van der Waals surface area contributed by atoms with Gasteiger partial charge in [0, 0.05) is 18.5 Å². The molecule has 0 fully saturated rings. The van der Waals surface area contributed by atoms with E-state index < -0.39 is 23.8 Å². The molecule has 0 saturated heterocycles. The normalized spacial score (nSPS) is 18.5. The van der Waals surface area contributed by atoms with Crippen LogP contribution < -0.4 is 5.32 Å². The van der Waals surface area contributed by atoms with Crippen molar-refractivity contribution in [1.82, 2.24) is 5.32 Å². The molecule has 1 aliphatic heterocycles. The first kappa shape index (κ1) is 16.4. The van der Waals surface area contributed by atoms with Gasteiger partial charge < -0.3 is 15.3 Å². The number of benzene rings is 1. The van der Waals surface area contributed by atoms with Crippen LogP contribution in [0.25, 0.3) is 0 Å². The molecule has 0 aliphatic carbocycles. The van der Waals surface area contributed by atoms with Crippen LogP contribution in [0.2, 0.25) is 0 Å². The van der Waals surface area contributed by atoms with E-state index in [1.165, 1.54) is 0 Å². The van der Waals surface area contributed by atoms with E-state index in [-0.39, 0.29) is 23.6 Å². The van der Waals surface area contributed by atoms with Crippen LogP contribution in [0.3, 0.4) is 0 Å². The summed E-state index contributed by atoms with van der Waals surface area (Å²) in [5.41, 5.74) is 0.197.